The van der Waals surface area contributed by atoms with Crippen LogP contribution in [-0.2, 0) is 6.54 Å². The summed E-state index contributed by atoms with van der Waals surface area (Å²) >= 11 is 11.8. The third kappa shape index (κ3) is 2.85. The van der Waals surface area contributed by atoms with Crippen molar-refractivity contribution < 1.29 is 23.1 Å². The fourth-order valence-electron chi connectivity index (χ4n) is 2.49. The van der Waals surface area contributed by atoms with Crippen molar-refractivity contribution in [3.63, 3.8) is 0 Å². The van der Waals surface area contributed by atoms with E-state index in [0.717, 1.165) is 11.3 Å². The average Bonchev–Trinajstić information content (AvgIpc) is 3.01. The summed E-state index contributed by atoms with van der Waals surface area (Å²) < 4.78 is 29.6. The fourth-order valence-corrected chi connectivity index (χ4v) is 3.54. The van der Waals surface area contributed by atoms with E-state index < -0.39 is 22.7 Å². The molecule has 24 heavy (non-hydrogen) atoms. The lowest BCUT2D eigenvalue weighted by Crippen LogP contribution is -2.25. The molecule has 0 radical (unpaired) electrons. The minimum Gasteiger partial charge on any atom is -0.474 e. The minimum absolute atomic E-state index is 0.0351. The molecule has 0 aromatic carbocycles. The van der Waals surface area contributed by atoms with Crippen molar-refractivity contribution in [1.29, 1.82) is 0 Å². The second-order valence-electron chi connectivity index (χ2n) is 5.05. The molecule has 0 unspecified atom stereocenters. The molecule has 0 aliphatic carbocycles. The van der Waals surface area contributed by atoms with Gasteiger partial charge in [0.05, 0.1) is 11.1 Å². The van der Waals surface area contributed by atoms with Crippen LogP contribution in [0.4, 0.5) is 8.78 Å². The number of thiazole rings is 1. The highest BCUT2D eigenvalue weighted by atomic mass is 35.5. The molecule has 0 amide bonds. The smallest absolute Gasteiger partial charge is 0.388 e. The van der Waals surface area contributed by atoms with E-state index in [1.807, 2.05) is 0 Å². The lowest BCUT2D eigenvalue weighted by atomic mass is 10.2. The van der Waals surface area contributed by atoms with Crippen LogP contribution < -0.4 is 4.40 Å². The summed E-state index contributed by atoms with van der Waals surface area (Å²) in [5, 5.41) is 6.17. The summed E-state index contributed by atoms with van der Waals surface area (Å²) in [5.41, 5.74) is 0.498. The molecule has 0 spiro atoms. The number of hydrogen-bond acceptors (Lipinski definition) is 4. The van der Waals surface area contributed by atoms with Crippen LogP contribution in [-0.4, -0.2) is 25.8 Å². The van der Waals surface area contributed by atoms with Gasteiger partial charge in [0.25, 0.3) is 17.1 Å². The largest absolute Gasteiger partial charge is 0.474 e. The van der Waals surface area contributed by atoms with Crippen LogP contribution in [0, 0.1) is 6.92 Å². The Balaban J connectivity index is 2.29. The van der Waals surface area contributed by atoms with Crippen molar-refractivity contribution >= 4 is 46.0 Å². The summed E-state index contributed by atoms with van der Waals surface area (Å²) in [6.07, 6.45) is 2.95. The lowest BCUT2D eigenvalue weighted by molar-refractivity contribution is -0.521. The van der Waals surface area contributed by atoms with E-state index in [1.54, 1.807) is 19.1 Å². The number of aromatic nitrogens is 3. The van der Waals surface area contributed by atoms with Crippen molar-refractivity contribution in [1.82, 2.24) is 9.55 Å². The minimum atomic E-state index is -4.14. The Morgan fingerprint density at radius 1 is 1.54 bits per heavy atom. The number of aryl methyl sites for hydroxylation is 1. The first-order valence-corrected chi connectivity index (χ1v) is 8.21. The number of carbonyl (C=O) groups is 1. The van der Waals surface area contributed by atoms with Crippen LogP contribution in [0.3, 0.4) is 0 Å². The van der Waals surface area contributed by atoms with Gasteiger partial charge in [0, 0.05) is 11.8 Å². The number of carbonyl (C=O) groups excluding carboxylic acids is 1. The first kappa shape index (κ1) is 17.1. The first-order chi connectivity index (χ1) is 11.2. The zero-order valence-electron chi connectivity index (χ0n) is 12.1. The first-order valence-electron chi connectivity index (χ1n) is 6.64. The summed E-state index contributed by atoms with van der Waals surface area (Å²) in [6, 6.07) is 3.36. The van der Waals surface area contributed by atoms with E-state index in [9.17, 15) is 18.7 Å². The number of pyridine rings is 1. The predicted molar refractivity (Wildman–Crippen MR) is 85.4 cm³/mol. The van der Waals surface area contributed by atoms with Gasteiger partial charge in [-0.2, -0.15) is 13.2 Å². The Bertz CT molecular complexity index is 950. The number of fused-ring (bicyclic) bond motifs is 1. The second kappa shape index (κ2) is 5.94. The zero-order valence-corrected chi connectivity index (χ0v) is 14.5. The van der Waals surface area contributed by atoms with Gasteiger partial charge in [0.1, 0.15) is 6.54 Å². The van der Waals surface area contributed by atoms with Gasteiger partial charge in [0.15, 0.2) is 4.47 Å². The van der Waals surface area contributed by atoms with E-state index in [-0.39, 0.29) is 11.0 Å². The summed E-state index contributed by atoms with van der Waals surface area (Å²) in [5.74, 6) is -2.28. The molecular weight excluding hydrogens is 383 g/mol. The fraction of sp³-hybridized carbons (Fsp3) is 0.214. The number of rotatable bonds is 4. The molecule has 5 nitrogen and oxygen atoms in total. The van der Waals surface area contributed by atoms with E-state index in [2.05, 4.69) is 4.98 Å². The van der Waals surface area contributed by atoms with Gasteiger partial charge in [-0.25, -0.2) is 9.55 Å². The van der Waals surface area contributed by atoms with Crippen LogP contribution in [0.15, 0.2) is 24.5 Å². The Hall–Kier alpha value is -1.77. The molecule has 0 aliphatic heterocycles. The number of aromatic hydroxyl groups is 1. The maximum atomic E-state index is 13.4. The van der Waals surface area contributed by atoms with E-state index in [0.29, 0.717) is 16.1 Å². The molecule has 0 bridgehead atoms. The van der Waals surface area contributed by atoms with Gasteiger partial charge in [0.2, 0.25) is 0 Å². The Labute approximate surface area is 148 Å². The van der Waals surface area contributed by atoms with Gasteiger partial charge in [-0.15, -0.1) is 11.3 Å². The summed E-state index contributed by atoms with van der Waals surface area (Å²) in [4.78, 5) is 16.6. The molecule has 126 valence electrons. The molecule has 3 aromatic rings. The molecule has 3 heterocycles. The Kier molecular flexibility index (Phi) is 4.23. The normalized spacial score (nSPS) is 12.0. The quantitative estimate of drug-likeness (QED) is 0.420. The van der Waals surface area contributed by atoms with Gasteiger partial charge in [-0.1, -0.05) is 11.6 Å². The highest BCUT2D eigenvalue weighted by Crippen LogP contribution is 2.31. The van der Waals surface area contributed by atoms with Crippen LogP contribution in [0.2, 0.25) is 4.47 Å². The topological polar surface area (TPSA) is 59.2 Å². The number of imidazole rings is 1. The number of nitrogens with zero attached hydrogens (tertiary/aromatic N) is 3. The lowest BCUT2D eigenvalue weighted by Gasteiger charge is -2.05. The molecule has 0 saturated carbocycles. The van der Waals surface area contributed by atoms with E-state index in [4.69, 9.17) is 23.2 Å². The monoisotopic (exact) mass is 392 g/mol. The van der Waals surface area contributed by atoms with Crippen molar-refractivity contribution in [3.8, 4) is 5.88 Å². The third-order valence-corrected chi connectivity index (χ3v) is 4.71. The number of alkyl halides is 3. The molecular formula is C14H10Cl2F2N3O2S+. The number of Topliss-reactive ketones (excluding diaryl/α,β-unsaturated/α-hetero) is 1. The standard InChI is InChI=1S/C14H9Cl2F2N3O2S/c1-7-3-2-4-20-11(7)21(6-8-5-19-13(15)24-8)9(12(20)23)10(22)14(16,17)18/h2-5H,6H2,1H3/p+1. The van der Waals surface area contributed by atoms with Crippen LogP contribution in [0.25, 0.3) is 5.65 Å². The van der Waals surface area contributed by atoms with Gasteiger partial charge in [-0.05, 0) is 30.7 Å². The number of hydrogen-bond donors (Lipinski definition) is 1. The molecule has 0 fully saturated rings. The van der Waals surface area contributed by atoms with Crippen LogP contribution >= 0.6 is 34.5 Å². The molecule has 0 saturated heterocycles. The second-order valence-corrected chi connectivity index (χ2v) is 7.22. The van der Waals surface area contributed by atoms with Gasteiger partial charge >= 0.3 is 11.3 Å². The maximum absolute atomic E-state index is 13.4. The molecule has 0 aliphatic rings. The molecule has 0 atom stereocenters. The van der Waals surface area contributed by atoms with Crippen molar-refractivity contribution in [2.45, 2.75) is 18.9 Å². The Morgan fingerprint density at radius 2 is 2.25 bits per heavy atom. The molecule has 10 heteroatoms. The number of halogens is 4. The summed E-state index contributed by atoms with van der Waals surface area (Å²) in [7, 11) is 0. The number of ketones is 1. The van der Waals surface area contributed by atoms with Gasteiger partial charge in [-0.3, -0.25) is 4.79 Å². The van der Waals surface area contributed by atoms with Crippen LogP contribution in [0.5, 0.6) is 5.88 Å². The highest BCUT2D eigenvalue weighted by molar-refractivity contribution is 7.15. The van der Waals surface area contributed by atoms with E-state index in [1.165, 1.54) is 21.4 Å². The summed E-state index contributed by atoms with van der Waals surface area (Å²) in [6.45, 7) is 1.77. The van der Waals surface area contributed by atoms with E-state index >= 15 is 0 Å². The molecule has 1 N–H and O–H groups in total. The Morgan fingerprint density at radius 3 is 2.83 bits per heavy atom. The maximum Gasteiger partial charge on any atom is 0.388 e. The van der Waals surface area contributed by atoms with Gasteiger partial charge < -0.3 is 5.11 Å². The average molecular weight is 393 g/mol. The molecule has 3 aromatic heterocycles. The molecule has 3 rings (SSSR count). The van der Waals surface area contributed by atoms with Crippen molar-refractivity contribution in [3.05, 3.63) is 45.1 Å². The highest BCUT2D eigenvalue weighted by Gasteiger charge is 2.45. The SMILES string of the molecule is Cc1ccc[n+]2c(O)c(C(=O)C(F)(F)Cl)n(Cc3cnc(Cl)s3)c12. The van der Waals surface area contributed by atoms with Crippen molar-refractivity contribution in [2.24, 2.45) is 0 Å². The zero-order chi connectivity index (χ0) is 17.6. The predicted octanol–water partition coefficient (Wildman–Crippen LogP) is 3.41. The van der Waals surface area contributed by atoms with Crippen LogP contribution in [0.1, 0.15) is 20.9 Å². The van der Waals surface area contributed by atoms with Crippen molar-refractivity contribution in [2.75, 3.05) is 0 Å². The third-order valence-electron chi connectivity index (χ3n) is 3.44.